The van der Waals surface area contributed by atoms with Crippen molar-refractivity contribution in [3.63, 3.8) is 0 Å². The topological polar surface area (TPSA) is 93.2 Å². The minimum absolute atomic E-state index is 0.271. The molecule has 2 aromatic carbocycles. The second-order valence-electron chi connectivity index (χ2n) is 6.69. The maximum Gasteiger partial charge on any atom is 0.337 e. The van der Waals surface area contributed by atoms with E-state index in [9.17, 15) is 9.59 Å². The van der Waals surface area contributed by atoms with E-state index in [1.54, 1.807) is 24.3 Å². The highest BCUT2D eigenvalue weighted by Gasteiger charge is 2.12. The van der Waals surface area contributed by atoms with Crippen LogP contribution in [0.25, 0.3) is 0 Å². The Kier molecular flexibility index (Phi) is 6.19. The van der Waals surface area contributed by atoms with Crippen molar-refractivity contribution in [2.75, 3.05) is 17.7 Å². The second kappa shape index (κ2) is 8.97. The quantitative estimate of drug-likeness (QED) is 0.607. The molecule has 0 saturated heterocycles. The van der Waals surface area contributed by atoms with Crippen molar-refractivity contribution in [1.29, 1.82) is 0 Å². The Labute approximate surface area is 169 Å². The van der Waals surface area contributed by atoms with Crippen LogP contribution in [0.2, 0.25) is 0 Å². The molecule has 1 aromatic heterocycles. The van der Waals surface area contributed by atoms with Gasteiger partial charge in [-0.15, -0.1) is 0 Å². The number of esters is 1. The van der Waals surface area contributed by atoms with Gasteiger partial charge < -0.3 is 15.4 Å². The number of benzene rings is 2. The molecule has 29 heavy (non-hydrogen) atoms. The van der Waals surface area contributed by atoms with E-state index >= 15 is 0 Å². The van der Waals surface area contributed by atoms with Crippen molar-refractivity contribution in [2.45, 2.75) is 19.8 Å². The number of hydrogen-bond donors (Lipinski definition) is 2. The minimum Gasteiger partial charge on any atom is -0.465 e. The first-order valence-corrected chi connectivity index (χ1v) is 9.15. The lowest BCUT2D eigenvalue weighted by Crippen LogP contribution is -2.14. The Balaban J connectivity index is 1.67. The van der Waals surface area contributed by atoms with Crippen molar-refractivity contribution >= 4 is 29.2 Å². The molecule has 7 heteroatoms. The van der Waals surface area contributed by atoms with Crippen LogP contribution in [0, 0.1) is 0 Å². The van der Waals surface area contributed by atoms with Crippen LogP contribution in [0.3, 0.4) is 0 Å². The number of carbonyl (C=O) groups is 2. The van der Waals surface area contributed by atoms with Gasteiger partial charge in [0.15, 0.2) is 0 Å². The van der Waals surface area contributed by atoms with Gasteiger partial charge in [-0.25, -0.2) is 14.8 Å². The number of anilines is 3. The van der Waals surface area contributed by atoms with Gasteiger partial charge in [-0.2, -0.15) is 0 Å². The third kappa shape index (κ3) is 4.95. The van der Waals surface area contributed by atoms with Crippen LogP contribution in [0.4, 0.5) is 17.3 Å². The first kappa shape index (κ1) is 20.0. The van der Waals surface area contributed by atoms with E-state index in [1.807, 2.05) is 24.3 Å². The van der Waals surface area contributed by atoms with Crippen molar-refractivity contribution in [3.8, 4) is 0 Å². The number of para-hydroxylation sites is 1. The van der Waals surface area contributed by atoms with Crippen molar-refractivity contribution in [1.82, 2.24) is 9.97 Å². The highest BCUT2D eigenvalue weighted by molar-refractivity contribution is 6.04. The number of ether oxygens (including phenoxy) is 1. The molecule has 0 fully saturated rings. The molecule has 1 heterocycles. The number of amides is 1. The Morgan fingerprint density at radius 2 is 1.59 bits per heavy atom. The van der Waals surface area contributed by atoms with Gasteiger partial charge in [0.05, 0.1) is 18.2 Å². The monoisotopic (exact) mass is 390 g/mol. The summed E-state index contributed by atoms with van der Waals surface area (Å²) in [6, 6.07) is 14.4. The molecule has 3 aromatic rings. The van der Waals surface area contributed by atoms with Gasteiger partial charge in [0.2, 0.25) is 5.95 Å². The van der Waals surface area contributed by atoms with Crippen molar-refractivity contribution < 1.29 is 14.3 Å². The molecule has 148 valence electrons. The summed E-state index contributed by atoms with van der Waals surface area (Å²) in [5, 5.41) is 5.94. The molecular weight excluding hydrogens is 368 g/mol. The average Bonchev–Trinajstić information content (AvgIpc) is 2.74. The van der Waals surface area contributed by atoms with Crippen LogP contribution in [-0.2, 0) is 4.74 Å². The second-order valence-corrected chi connectivity index (χ2v) is 6.69. The van der Waals surface area contributed by atoms with Crippen molar-refractivity contribution in [3.05, 3.63) is 77.6 Å². The summed E-state index contributed by atoms with van der Waals surface area (Å²) >= 11 is 0. The average molecular weight is 390 g/mol. The summed E-state index contributed by atoms with van der Waals surface area (Å²) in [7, 11) is 1.33. The third-order valence-electron chi connectivity index (χ3n) is 4.31. The van der Waals surface area contributed by atoms with Gasteiger partial charge in [0, 0.05) is 23.8 Å². The summed E-state index contributed by atoms with van der Waals surface area (Å²) in [4.78, 5) is 32.4. The maximum atomic E-state index is 12.5. The molecule has 2 N–H and O–H groups in total. The first-order valence-electron chi connectivity index (χ1n) is 9.15. The van der Waals surface area contributed by atoms with Gasteiger partial charge in [-0.3, -0.25) is 4.79 Å². The van der Waals surface area contributed by atoms with Gasteiger partial charge in [-0.1, -0.05) is 32.0 Å². The molecule has 0 aliphatic rings. The van der Waals surface area contributed by atoms with E-state index in [1.165, 1.54) is 19.5 Å². The first-order chi connectivity index (χ1) is 14.0. The molecule has 7 nitrogen and oxygen atoms in total. The molecule has 0 bridgehead atoms. The Morgan fingerprint density at radius 1 is 0.931 bits per heavy atom. The maximum absolute atomic E-state index is 12.5. The lowest BCUT2D eigenvalue weighted by molar-refractivity contribution is 0.0600. The van der Waals surface area contributed by atoms with E-state index in [0.717, 1.165) is 11.3 Å². The third-order valence-corrected chi connectivity index (χ3v) is 4.31. The van der Waals surface area contributed by atoms with Gasteiger partial charge in [0.25, 0.3) is 5.91 Å². The molecule has 0 spiro atoms. The van der Waals surface area contributed by atoms with E-state index in [4.69, 9.17) is 0 Å². The van der Waals surface area contributed by atoms with Gasteiger partial charge in [-0.05, 0) is 41.8 Å². The minimum atomic E-state index is -0.401. The zero-order chi connectivity index (χ0) is 20.8. The molecule has 0 aliphatic heterocycles. The number of methoxy groups -OCH3 is 1. The summed E-state index contributed by atoms with van der Waals surface area (Å²) in [5.41, 5.74) is 3.36. The smallest absolute Gasteiger partial charge is 0.337 e. The van der Waals surface area contributed by atoms with E-state index in [2.05, 4.69) is 39.2 Å². The highest BCUT2D eigenvalue weighted by atomic mass is 16.5. The van der Waals surface area contributed by atoms with Crippen LogP contribution >= 0.6 is 0 Å². The van der Waals surface area contributed by atoms with Crippen LogP contribution in [0.1, 0.15) is 46.0 Å². The molecule has 3 rings (SSSR count). The van der Waals surface area contributed by atoms with E-state index < -0.39 is 5.97 Å². The Hall–Kier alpha value is -3.74. The molecule has 0 atom stereocenters. The zero-order valence-electron chi connectivity index (χ0n) is 16.5. The lowest BCUT2D eigenvalue weighted by atomic mass is 10.0. The van der Waals surface area contributed by atoms with E-state index in [0.29, 0.717) is 28.7 Å². The Bertz CT molecular complexity index is 999. The SMILES string of the molecule is COC(=O)c1ccc(Nc2ncc(C(=O)Nc3ccccc3C(C)C)cn2)cc1. The number of nitrogens with zero attached hydrogens (tertiary/aromatic N) is 2. The summed E-state index contributed by atoms with van der Waals surface area (Å²) in [6.45, 7) is 4.15. The number of carbonyl (C=O) groups excluding carboxylic acids is 2. The molecule has 0 radical (unpaired) electrons. The van der Waals surface area contributed by atoms with E-state index in [-0.39, 0.29) is 5.91 Å². The fraction of sp³-hybridized carbons (Fsp3) is 0.182. The molecular formula is C22H22N4O3. The van der Waals surface area contributed by atoms with Crippen LogP contribution in [-0.4, -0.2) is 29.0 Å². The molecule has 0 saturated carbocycles. The normalized spacial score (nSPS) is 10.5. The lowest BCUT2D eigenvalue weighted by Gasteiger charge is -2.13. The number of nitrogens with one attached hydrogen (secondary N) is 2. The fourth-order valence-electron chi connectivity index (χ4n) is 2.76. The number of aromatic nitrogens is 2. The summed E-state index contributed by atoms with van der Waals surface area (Å²) in [5.74, 6) is -0.0378. The molecule has 1 amide bonds. The molecule has 0 aliphatic carbocycles. The van der Waals surface area contributed by atoms with Gasteiger partial charge >= 0.3 is 5.97 Å². The van der Waals surface area contributed by atoms with Crippen LogP contribution < -0.4 is 10.6 Å². The largest absolute Gasteiger partial charge is 0.465 e. The predicted molar refractivity (Wildman–Crippen MR) is 112 cm³/mol. The molecule has 0 unspecified atom stereocenters. The van der Waals surface area contributed by atoms with Gasteiger partial charge in [0.1, 0.15) is 0 Å². The fourth-order valence-corrected chi connectivity index (χ4v) is 2.76. The predicted octanol–water partition coefficient (Wildman–Crippen LogP) is 4.38. The summed E-state index contributed by atoms with van der Waals surface area (Å²) in [6.07, 6.45) is 2.93. The standard InChI is InChI=1S/C22H22N4O3/c1-14(2)18-6-4-5-7-19(18)26-20(27)16-12-23-22(24-13-16)25-17-10-8-15(9-11-17)21(28)29-3/h4-14H,1-3H3,(H,26,27)(H,23,24,25). The number of rotatable bonds is 6. The van der Waals surface area contributed by atoms with Crippen LogP contribution in [0.15, 0.2) is 60.9 Å². The van der Waals surface area contributed by atoms with Crippen molar-refractivity contribution in [2.24, 2.45) is 0 Å². The summed E-state index contributed by atoms with van der Waals surface area (Å²) < 4.78 is 4.67. The highest BCUT2D eigenvalue weighted by Crippen LogP contribution is 2.24. The number of hydrogen-bond acceptors (Lipinski definition) is 6. The Morgan fingerprint density at radius 3 is 2.21 bits per heavy atom. The van der Waals surface area contributed by atoms with Crippen LogP contribution in [0.5, 0.6) is 0 Å². The zero-order valence-corrected chi connectivity index (χ0v) is 16.5.